The van der Waals surface area contributed by atoms with Crippen LogP contribution in [0.4, 0.5) is 0 Å². The van der Waals surface area contributed by atoms with E-state index in [1.807, 2.05) is 18.2 Å². The van der Waals surface area contributed by atoms with Crippen LogP contribution in [0.5, 0.6) is 0 Å². The summed E-state index contributed by atoms with van der Waals surface area (Å²) < 4.78 is 5.78. The SMILES string of the molecule is C[C@@H]1C=Cc2oc3ccccc3c2C=C1. The molecule has 0 aliphatic heterocycles. The summed E-state index contributed by atoms with van der Waals surface area (Å²) in [5.74, 6) is 1.45. The standard InChI is InChI=1S/C14H12O/c1-10-6-8-12-11-4-2-3-5-13(11)15-14(12)9-7-10/h2-10H,1H3/t10-/m0/s1. The number of hydrogen-bond donors (Lipinski definition) is 0. The molecular weight excluding hydrogens is 184 g/mol. The lowest BCUT2D eigenvalue weighted by molar-refractivity contribution is 0.603. The van der Waals surface area contributed by atoms with Crippen molar-refractivity contribution in [2.75, 3.05) is 0 Å². The van der Waals surface area contributed by atoms with E-state index in [1.54, 1.807) is 0 Å². The van der Waals surface area contributed by atoms with E-state index >= 15 is 0 Å². The lowest BCUT2D eigenvalue weighted by atomic mass is 10.1. The van der Waals surface area contributed by atoms with Gasteiger partial charge in [-0.15, -0.1) is 0 Å². The number of furan rings is 1. The van der Waals surface area contributed by atoms with Gasteiger partial charge < -0.3 is 4.42 Å². The zero-order valence-electron chi connectivity index (χ0n) is 8.60. The molecule has 0 saturated heterocycles. The number of benzene rings is 1. The molecule has 0 unspecified atom stereocenters. The van der Waals surface area contributed by atoms with E-state index in [0.717, 1.165) is 11.3 Å². The molecule has 0 saturated carbocycles. The van der Waals surface area contributed by atoms with Gasteiger partial charge in [-0.2, -0.15) is 0 Å². The van der Waals surface area contributed by atoms with Gasteiger partial charge in [0, 0.05) is 10.9 Å². The first-order valence-electron chi connectivity index (χ1n) is 5.22. The van der Waals surface area contributed by atoms with E-state index in [4.69, 9.17) is 4.42 Å². The van der Waals surface area contributed by atoms with Crippen molar-refractivity contribution in [3.05, 3.63) is 47.7 Å². The van der Waals surface area contributed by atoms with Crippen molar-refractivity contribution in [2.45, 2.75) is 6.92 Å². The summed E-state index contributed by atoms with van der Waals surface area (Å²) >= 11 is 0. The van der Waals surface area contributed by atoms with Crippen LogP contribution in [0.15, 0.2) is 40.8 Å². The van der Waals surface area contributed by atoms with Crippen LogP contribution in [0.3, 0.4) is 0 Å². The molecule has 1 aliphatic carbocycles. The zero-order valence-corrected chi connectivity index (χ0v) is 8.60. The van der Waals surface area contributed by atoms with Gasteiger partial charge in [-0.05, 0) is 18.1 Å². The Morgan fingerprint density at radius 1 is 1.07 bits per heavy atom. The predicted molar refractivity (Wildman–Crippen MR) is 63.4 cm³/mol. The first-order chi connectivity index (χ1) is 7.34. The molecule has 1 aromatic carbocycles. The highest BCUT2D eigenvalue weighted by Gasteiger charge is 2.11. The van der Waals surface area contributed by atoms with Crippen LogP contribution in [0.1, 0.15) is 18.2 Å². The summed E-state index contributed by atoms with van der Waals surface area (Å²) in [7, 11) is 0. The van der Waals surface area contributed by atoms with Gasteiger partial charge in [0.05, 0.1) is 0 Å². The molecule has 3 rings (SSSR count). The Kier molecular flexibility index (Phi) is 1.78. The van der Waals surface area contributed by atoms with Crippen molar-refractivity contribution in [3.63, 3.8) is 0 Å². The quantitative estimate of drug-likeness (QED) is 0.618. The van der Waals surface area contributed by atoms with Crippen LogP contribution in [0.2, 0.25) is 0 Å². The Morgan fingerprint density at radius 3 is 2.80 bits per heavy atom. The molecule has 0 amide bonds. The molecule has 0 fully saturated rings. The van der Waals surface area contributed by atoms with E-state index in [1.165, 1.54) is 10.9 Å². The first kappa shape index (κ1) is 8.54. The van der Waals surface area contributed by atoms with E-state index < -0.39 is 0 Å². The third-order valence-electron chi connectivity index (χ3n) is 2.78. The van der Waals surface area contributed by atoms with E-state index in [-0.39, 0.29) is 0 Å². The highest BCUT2D eigenvalue weighted by atomic mass is 16.3. The normalized spacial score (nSPS) is 19.1. The van der Waals surface area contributed by atoms with Crippen molar-refractivity contribution in [3.8, 4) is 0 Å². The number of hydrogen-bond acceptors (Lipinski definition) is 1. The van der Waals surface area contributed by atoms with Crippen LogP contribution in [-0.2, 0) is 0 Å². The van der Waals surface area contributed by atoms with Crippen molar-refractivity contribution in [2.24, 2.45) is 5.92 Å². The van der Waals surface area contributed by atoms with E-state index in [9.17, 15) is 0 Å². The maximum atomic E-state index is 5.78. The summed E-state index contributed by atoms with van der Waals surface area (Å²) in [5, 5.41) is 1.20. The molecule has 1 heterocycles. The number of rotatable bonds is 0. The second-order valence-electron chi connectivity index (χ2n) is 3.95. The molecule has 1 aliphatic rings. The highest BCUT2D eigenvalue weighted by Crippen LogP contribution is 2.30. The predicted octanol–water partition coefficient (Wildman–Crippen LogP) is 4.11. The van der Waals surface area contributed by atoms with Gasteiger partial charge in [0.15, 0.2) is 0 Å². The van der Waals surface area contributed by atoms with Crippen molar-refractivity contribution >= 4 is 23.1 Å². The average Bonchev–Trinajstić information content (AvgIpc) is 2.51. The topological polar surface area (TPSA) is 13.1 Å². The number of allylic oxidation sites excluding steroid dienone is 2. The molecule has 2 aromatic rings. The summed E-state index contributed by atoms with van der Waals surface area (Å²) in [4.78, 5) is 0. The summed E-state index contributed by atoms with van der Waals surface area (Å²) in [5.41, 5.74) is 2.16. The maximum Gasteiger partial charge on any atom is 0.135 e. The van der Waals surface area contributed by atoms with E-state index in [2.05, 4.69) is 37.3 Å². The molecule has 1 atom stereocenters. The van der Waals surface area contributed by atoms with Crippen LogP contribution in [0, 0.1) is 5.92 Å². The Bertz CT molecular complexity index is 558. The molecule has 0 bridgehead atoms. The molecule has 0 spiro atoms. The van der Waals surface area contributed by atoms with Gasteiger partial charge in [0.1, 0.15) is 11.3 Å². The van der Waals surface area contributed by atoms with Crippen molar-refractivity contribution in [1.29, 1.82) is 0 Å². The second-order valence-corrected chi connectivity index (χ2v) is 3.95. The smallest absolute Gasteiger partial charge is 0.135 e. The largest absolute Gasteiger partial charge is 0.456 e. The second kappa shape index (κ2) is 3.13. The molecule has 15 heavy (non-hydrogen) atoms. The number of para-hydroxylation sites is 1. The molecule has 1 nitrogen and oxygen atoms in total. The fraction of sp³-hybridized carbons (Fsp3) is 0.143. The minimum atomic E-state index is 0.478. The minimum Gasteiger partial charge on any atom is -0.456 e. The molecule has 0 N–H and O–H groups in total. The van der Waals surface area contributed by atoms with Crippen LogP contribution in [0.25, 0.3) is 23.1 Å². The highest BCUT2D eigenvalue weighted by molar-refractivity contribution is 5.91. The Hall–Kier alpha value is -1.76. The Labute approximate surface area is 88.7 Å². The molecular formula is C14H12O. The summed E-state index contributed by atoms with van der Waals surface area (Å²) in [6.45, 7) is 2.17. The fourth-order valence-electron chi connectivity index (χ4n) is 1.93. The van der Waals surface area contributed by atoms with Crippen molar-refractivity contribution in [1.82, 2.24) is 0 Å². The lowest BCUT2D eigenvalue weighted by Gasteiger charge is -1.92. The maximum absolute atomic E-state index is 5.78. The Balaban J connectivity index is 2.33. The lowest BCUT2D eigenvalue weighted by Crippen LogP contribution is -1.77. The molecule has 1 aromatic heterocycles. The van der Waals surface area contributed by atoms with E-state index in [0.29, 0.717) is 5.92 Å². The van der Waals surface area contributed by atoms with Crippen molar-refractivity contribution < 1.29 is 4.42 Å². The Morgan fingerprint density at radius 2 is 1.87 bits per heavy atom. The van der Waals surface area contributed by atoms with Gasteiger partial charge in [0.2, 0.25) is 0 Å². The summed E-state index contributed by atoms with van der Waals surface area (Å²) in [6, 6.07) is 8.16. The van der Waals surface area contributed by atoms with Gasteiger partial charge >= 0.3 is 0 Å². The van der Waals surface area contributed by atoms with Gasteiger partial charge in [-0.3, -0.25) is 0 Å². The third kappa shape index (κ3) is 1.32. The van der Waals surface area contributed by atoms with Crippen LogP contribution < -0.4 is 0 Å². The fourth-order valence-corrected chi connectivity index (χ4v) is 1.93. The first-order valence-corrected chi connectivity index (χ1v) is 5.22. The van der Waals surface area contributed by atoms with Gasteiger partial charge in [0.25, 0.3) is 0 Å². The molecule has 74 valence electrons. The monoisotopic (exact) mass is 196 g/mol. The molecule has 1 heteroatoms. The van der Waals surface area contributed by atoms with Crippen LogP contribution >= 0.6 is 0 Å². The minimum absolute atomic E-state index is 0.478. The van der Waals surface area contributed by atoms with Gasteiger partial charge in [-0.25, -0.2) is 0 Å². The van der Waals surface area contributed by atoms with Gasteiger partial charge in [-0.1, -0.05) is 43.4 Å². The third-order valence-corrected chi connectivity index (χ3v) is 2.78. The zero-order chi connectivity index (χ0) is 10.3. The van der Waals surface area contributed by atoms with Crippen LogP contribution in [-0.4, -0.2) is 0 Å². The summed E-state index contributed by atoms with van der Waals surface area (Å²) in [6.07, 6.45) is 8.58. The molecule has 0 radical (unpaired) electrons. The number of fused-ring (bicyclic) bond motifs is 3. The average molecular weight is 196 g/mol.